The summed E-state index contributed by atoms with van der Waals surface area (Å²) in [4.78, 5) is 16.8. The summed E-state index contributed by atoms with van der Waals surface area (Å²) >= 11 is 0. The summed E-state index contributed by atoms with van der Waals surface area (Å²) in [6.45, 7) is 7.78. The van der Waals surface area contributed by atoms with Crippen molar-refractivity contribution in [2.75, 3.05) is 17.2 Å². The van der Waals surface area contributed by atoms with Gasteiger partial charge in [-0.1, -0.05) is 13.8 Å². The summed E-state index contributed by atoms with van der Waals surface area (Å²) in [6, 6.07) is 1.88. The molecule has 0 aliphatic rings. The van der Waals surface area contributed by atoms with E-state index in [1.54, 1.807) is 18.9 Å². The molecule has 2 aromatic rings. The van der Waals surface area contributed by atoms with Crippen LogP contribution in [0.15, 0.2) is 24.9 Å². The minimum absolute atomic E-state index is 0.332. The molecule has 0 spiro atoms. The first-order valence-electron chi connectivity index (χ1n) is 6.79. The third-order valence-corrected chi connectivity index (χ3v) is 2.89. The Labute approximate surface area is 119 Å². The van der Waals surface area contributed by atoms with E-state index in [1.165, 1.54) is 0 Å². The predicted molar refractivity (Wildman–Crippen MR) is 79.6 cm³/mol. The number of aromatic nitrogens is 4. The van der Waals surface area contributed by atoms with Crippen LogP contribution in [0.1, 0.15) is 37.9 Å². The highest BCUT2D eigenvalue weighted by atomic mass is 15.1. The third-order valence-electron chi connectivity index (χ3n) is 2.89. The first-order valence-corrected chi connectivity index (χ1v) is 6.79. The average Bonchev–Trinajstić information content (AvgIpc) is 2.46. The van der Waals surface area contributed by atoms with Crippen molar-refractivity contribution < 1.29 is 0 Å². The molecule has 0 radical (unpaired) electrons. The topological polar surface area (TPSA) is 75.6 Å². The van der Waals surface area contributed by atoms with Crippen LogP contribution >= 0.6 is 0 Å². The molecule has 0 atom stereocenters. The van der Waals surface area contributed by atoms with Crippen LogP contribution in [0, 0.1) is 0 Å². The Bertz CT molecular complexity index is 541. The highest BCUT2D eigenvalue weighted by Gasteiger charge is 2.14. The maximum absolute atomic E-state index is 4.35. The molecule has 0 amide bonds. The van der Waals surface area contributed by atoms with E-state index in [9.17, 15) is 0 Å². The molecule has 0 saturated heterocycles. The second kappa shape index (κ2) is 6.79. The molecule has 0 aromatic carbocycles. The lowest BCUT2D eigenvalue weighted by Gasteiger charge is -2.17. The molecule has 0 aliphatic carbocycles. The van der Waals surface area contributed by atoms with Gasteiger partial charge in [-0.05, 0) is 18.9 Å². The first kappa shape index (κ1) is 14.2. The molecule has 2 aromatic heterocycles. The molecule has 20 heavy (non-hydrogen) atoms. The Kier molecular flexibility index (Phi) is 4.81. The first-order chi connectivity index (χ1) is 9.72. The van der Waals surface area contributed by atoms with Gasteiger partial charge in [0.05, 0.1) is 12.2 Å². The fourth-order valence-corrected chi connectivity index (χ4v) is 1.99. The van der Waals surface area contributed by atoms with Gasteiger partial charge in [-0.15, -0.1) is 0 Å². The van der Waals surface area contributed by atoms with Crippen LogP contribution in [-0.4, -0.2) is 26.5 Å². The van der Waals surface area contributed by atoms with Gasteiger partial charge in [0.15, 0.2) is 0 Å². The van der Waals surface area contributed by atoms with Gasteiger partial charge in [-0.25, -0.2) is 19.9 Å². The van der Waals surface area contributed by atoms with Crippen molar-refractivity contribution in [2.45, 2.75) is 33.2 Å². The van der Waals surface area contributed by atoms with Crippen molar-refractivity contribution in [3.63, 3.8) is 0 Å². The fraction of sp³-hybridized carbons (Fsp3) is 0.429. The predicted octanol–water partition coefficient (Wildman–Crippen LogP) is 2.43. The summed E-state index contributed by atoms with van der Waals surface area (Å²) in [5, 5.41) is 6.61. The van der Waals surface area contributed by atoms with Crippen molar-refractivity contribution >= 4 is 11.6 Å². The SMILES string of the molecule is CCNc1ncnc(NCc2ccncn2)c1C(C)C. The van der Waals surface area contributed by atoms with Crippen molar-refractivity contribution in [3.8, 4) is 0 Å². The standard InChI is InChI=1S/C14H20N6/c1-4-16-13-12(10(2)3)14(20-9-19-13)17-7-11-5-6-15-8-18-11/h5-6,8-10H,4,7H2,1-3H3,(H2,16,17,19,20). The van der Waals surface area contributed by atoms with Crippen LogP contribution in [0.5, 0.6) is 0 Å². The van der Waals surface area contributed by atoms with E-state index >= 15 is 0 Å². The number of rotatable bonds is 6. The monoisotopic (exact) mass is 272 g/mol. The van der Waals surface area contributed by atoms with Gasteiger partial charge < -0.3 is 10.6 Å². The molecule has 0 bridgehead atoms. The van der Waals surface area contributed by atoms with E-state index in [1.807, 2.05) is 6.07 Å². The summed E-state index contributed by atoms with van der Waals surface area (Å²) < 4.78 is 0. The van der Waals surface area contributed by atoms with E-state index in [2.05, 4.69) is 51.3 Å². The second-order valence-electron chi connectivity index (χ2n) is 4.72. The van der Waals surface area contributed by atoms with Crippen molar-refractivity contribution in [1.82, 2.24) is 19.9 Å². The Morgan fingerprint density at radius 2 is 1.80 bits per heavy atom. The molecule has 0 aliphatic heterocycles. The number of nitrogens with zero attached hydrogens (tertiary/aromatic N) is 4. The van der Waals surface area contributed by atoms with Gasteiger partial charge in [0.2, 0.25) is 0 Å². The van der Waals surface area contributed by atoms with Gasteiger partial charge in [0, 0.05) is 18.3 Å². The maximum atomic E-state index is 4.35. The lowest BCUT2D eigenvalue weighted by molar-refractivity contribution is 0.842. The summed E-state index contributed by atoms with van der Waals surface area (Å²) in [5.74, 6) is 2.07. The van der Waals surface area contributed by atoms with Crippen LogP contribution in [0.25, 0.3) is 0 Å². The Balaban J connectivity index is 2.20. The highest BCUT2D eigenvalue weighted by Crippen LogP contribution is 2.28. The second-order valence-corrected chi connectivity index (χ2v) is 4.72. The van der Waals surface area contributed by atoms with E-state index in [0.29, 0.717) is 12.5 Å². The van der Waals surface area contributed by atoms with Crippen LogP contribution in [-0.2, 0) is 6.54 Å². The molecule has 0 saturated carbocycles. The van der Waals surface area contributed by atoms with Gasteiger partial charge >= 0.3 is 0 Å². The highest BCUT2D eigenvalue weighted by molar-refractivity contribution is 5.59. The maximum Gasteiger partial charge on any atom is 0.135 e. The fourth-order valence-electron chi connectivity index (χ4n) is 1.99. The van der Waals surface area contributed by atoms with Crippen LogP contribution in [0.4, 0.5) is 11.6 Å². The molecule has 6 heteroatoms. The summed E-state index contributed by atoms with van der Waals surface area (Å²) in [6.07, 6.45) is 4.86. The Morgan fingerprint density at radius 3 is 2.40 bits per heavy atom. The van der Waals surface area contributed by atoms with Gasteiger partial charge in [-0.3, -0.25) is 0 Å². The quantitative estimate of drug-likeness (QED) is 0.841. The number of anilines is 2. The van der Waals surface area contributed by atoms with Gasteiger partial charge in [0.25, 0.3) is 0 Å². The zero-order valence-corrected chi connectivity index (χ0v) is 12.1. The van der Waals surface area contributed by atoms with Gasteiger partial charge in [-0.2, -0.15) is 0 Å². The third kappa shape index (κ3) is 3.40. The zero-order chi connectivity index (χ0) is 14.4. The number of nitrogens with one attached hydrogen (secondary N) is 2. The van der Waals surface area contributed by atoms with Crippen molar-refractivity contribution in [3.05, 3.63) is 36.2 Å². The molecule has 2 N–H and O–H groups in total. The minimum atomic E-state index is 0.332. The molecular weight excluding hydrogens is 252 g/mol. The minimum Gasteiger partial charge on any atom is -0.370 e. The Hall–Kier alpha value is -2.24. The van der Waals surface area contributed by atoms with Crippen LogP contribution in [0.2, 0.25) is 0 Å². The van der Waals surface area contributed by atoms with E-state index < -0.39 is 0 Å². The van der Waals surface area contributed by atoms with Crippen molar-refractivity contribution in [2.24, 2.45) is 0 Å². The summed E-state index contributed by atoms with van der Waals surface area (Å²) in [7, 11) is 0. The number of hydrogen-bond donors (Lipinski definition) is 2. The zero-order valence-electron chi connectivity index (χ0n) is 12.1. The molecule has 6 nitrogen and oxygen atoms in total. The Morgan fingerprint density at radius 1 is 1.05 bits per heavy atom. The van der Waals surface area contributed by atoms with Gasteiger partial charge in [0.1, 0.15) is 24.3 Å². The lowest BCUT2D eigenvalue weighted by atomic mass is 10.0. The van der Waals surface area contributed by atoms with Crippen molar-refractivity contribution in [1.29, 1.82) is 0 Å². The van der Waals surface area contributed by atoms with E-state index in [4.69, 9.17) is 0 Å². The van der Waals surface area contributed by atoms with E-state index in [0.717, 1.165) is 29.4 Å². The normalized spacial score (nSPS) is 10.6. The van der Waals surface area contributed by atoms with Crippen LogP contribution < -0.4 is 10.6 Å². The molecule has 0 unspecified atom stereocenters. The van der Waals surface area contributed by atoms with Crippen LogP contribution in [0.3, 0.4) is 0 Å². The molecular formula is C14H20N6. The van der Waals surface area contributed by atoms with E-state index in [-0.39, 0.29) is 0 Å². The summed E-state index contributed by atoms with van der Waals surface area (Å²) in [5.41, 5.74) is 2.03. The number of hydrogen-bond acceptors (Lipinski definition) is 6. The molecule has 2 heterocycles. The molecule has 0 fully saturated rings. The smallest absolute Gasteiger partial charge is 0.135 e. The average molecular weight is 272 g/mol. The molecule has 2 rings (SSSR count). The lowest BCUT2D eigenvalue weighted by Crippen LogP contribution is -2.11. The molecule has 106 valence electrons. The largest absolute Gasteiger partial charge is 0.370 e.